The van der Waals surface area contributed by atoms with Gasteiger partial charge in [-0.15, -0.1) is 0 Å². The number of ether oxygens (including phenoxy) is 1. The fourth-order valence-electron chi connectivity index (χ4n) is 4.09. The first-order chi connectivity index (χ1) is 14.7. The van der Waals surface area contributed by atoms with Crippen LogP contribution in [-0.4, -0.2) is 17.7 Å². The van der Waals surface area contributed by atoms with Crippen molar-refractivity contribution in [1.82, 2.24) is 5.32 Å². The summed E-state index contributed by atoms with van der Waals surface area (Å²) in [7, 11) is 0. The number of benzene rings is 5. The lowest BCUT2D eigenvalue weighted by Gasteiger charge is -2.14. The second kappa shape index (κ2) is 7.56. The van der Waals surface area contributed by atoms with Crippen molar-refractivity contribution in [3.63, 3.8) is 0 Å². The van der Waals surface area contributed by atoms with Crippen LogP contribution < -0.4 is 5.32 Å². The van der Waals surface area contributed by atoms with Crippen LogP contribution in [0, 0.1) is 0 Å². The van der Waals surface area contributed by atoms with E-state index >= 15 is 0 Å². The van der Waals surface area contributed by atoms with E-state index in [-0.39, 0.29) is 12.4 Å². The van der Waals surface area contributed by atoms with Crippen LogP contribution in [0.2, 0.25) is 0 Å². The molecule has 0 bridgehead atoms. The summed E-state index contributed by atoms with van der Waals surface area (Å²) in [5.41, 5.74) is 2.04. The minimum atomic E-state index is -0.431. The highest BCUT2D eigenvalue weighted by atomic mass is 16.5. The molecule has 1 amide bonds. The van der Waals surface area contributed by atoms with Crippen molar-refractivity contribution < 1.29 is 14.6 Å². The van der Waals surface area contributed by atoms with Crippen LogP contribution in [0.5, 0.6) is 5.75 Å². The van der Waals surface area contributed by atoms with Gasteiger partial charge in [0, 0.05) is 6.54 Å². The van der Waals surface area contributed by atoms with E-state index in [1.807, 2.05) is 18.2 Å². The van der Waals surface area contributed by atoms with Gasteiger partial charge in [0.05, 0.1) is 0 Å². The average molecular weight is 395 g/mol. The molecule has 0 aromatic heterocycles. The first kappa shape index (κ1) is 18.3. The Morgan fingerprint density at radius 2 is 1.47 bits per heavy atom. The average Bonchev–Trinajstić information content (AvgIpc) is 2.78. The topological polar surface area (TPSA) is 58.6 Å². The molecule has 0 heterocycles. The molecule has 0 aliphatic rings. The largest absolute Gasteiger partial charge is 0.508 e. The third-order valence-corrected chi connectivity index (χ3v) is 5.60. The molecule has 0 saturated carbocycles. The number of phenolic OH excluding ortho intramolecular Hbond substituents is 1. The van der Waals surface area contributed by atoms with Gasteiger partial charge in [0.25, 0.3) is 0 Å². The van der Waals surface area contributed by atoms with Crippen molar-refractivity contribution in [3.8, 4) is 5.75 Å². The van der Waals surface area contributed by atoms with Gasteiger partial charge in [-0.25, -0.2) is 4.79 Å². The number of aromatic hydroxyl groups is 1. The lowest BCUT2D eigenvalue weighted by Crippen LogP contribution is -2.26. The predicted octanol–water partition coefficient (Wildman–Crippen LogP) is 5.76. The molecular formula is C26H21NO3. The maximum absolute atomic E-state index is 12.2. The Balaban J connectivity index is 1.30. The number of amides is 1. The van der Waals surface area contributed by atoms with Crippen molar-refractivity contribution in [2.45, 2.75) is 13.0 Å². The molecule has 5 rings (SSSR count). The van der Waals surface area contributed by atoms with Crippen LogP contribution in [0.15, 0.2) is 78.9 Å². The normalized spacial score (nSPS) is 11.3. The molecule has 0 unspecified atom stereocenters. The third-order valence-electron chi connectivity index (χ3n) is 5.60. The lowest BCUT2D eigenvalue weighted by atomic mass is 9.92. The molecule has 5 aromatic carbocycles. The fourth-order valence-corrected chi connectivity index (χ4v) is 4.09. The van der Waals surface area contributed by atoms with Crippen LogP contribution in [0.25, 0.3) is 32.3 Å². The molecule has 148 valence electrons. The van der Waals surface area contributed by atoms with Gasteiger partial charge in [-0.05, 0) is 62.0 Å². The molecule has 0 aliphatic heterocycles. The molecule has 0 fully saturated rings. The van der Waals surface area contributed by atoms with Gasteiger partial charge >= 0.3 is 6.09 Å². The van der Waals surface area contributed by atoms with E-state index in [9.17, 15) is 9.90 Å². The Hall–Kier alpha value is -3.79. The van der Waals surface area contributed by atoms with Gasteiger partial charge in [-0.3, -0.25) is 0 Å². The van der Waals surface area contributed by atoms with Gasteiger partial charge in [0.1, 0.15) is 12.4 Å². The summed E-state index contributed by atoms with van der Waals surface area (Å²) >= 11 is 0. The molecule has 0 atom stereocenters. The number of nitrogens with one attached hydrogen (secondary N) is 1. The van der Waals surface area contributed by atoms with Crippen LogP contribution >= 0.6 is 0 Å². The summed E-state index contributed by atoms with van der Waals surface area (Å²) in [5, 5.41) is 19.3. The van der Waals surface area contributed by atoms with Crippen molar-refractivity contribution in [3.05, 3.63) is 90.0 Å². The number of alkyl carbamates (subject to hydrolysis) is 1. The third kappa shape index (κ3) is 3.37. The van der Waals surface area contributed by atoms with E-state index in [4.69, 9.17) is 4.74 Å². The molecule has 5 aromatic rings. The quantitative estimate of drug-likeness (QED) is 0.372. The maximum Gasteiger partial charge on any atom is 0.407 e. The number of rotatable bonds is 5. The summed E-state index contributed by atoms with van der Waals surface area (Å²) in [6, 6.07) is 26.0. The summed E-state index contributed by atoms with van der Waals surface area (Å²) in [4.78, 5) is 12.2. The van der Waals surface area contributed by atoms with E-state index in [1.165, 1.54) is 26.9 Å². The number of carbonyl (C=O) groups excluding carboxylic acids is 1. The minimum Gasteiger partial charge on any atom is -0.508 e. The van der Waals surface area contributed by atoms with Crippen LogP contribution in [0.4, 0.5) is 4.79 Å². The predicted molar refractivity (Wildman–Crippen MR) is 120 cm³/mol. The Bertz CT molecular complexity index is 1330. The van der Waals surface area contributed by atoms with Gasteiger partial charge in [-0.1, -0.05) is 66.7 Å². The summed E-state index contributed by atoms with van der Waals surface area (Å²) in [6.07, 6.45) is 0.244. The van der Waals surface area contributed by atoms with Gasteiger partial charge < -0.3 is 15.2 Å². The first-order valence-corrected chi connectivity index (χ1v) is 10.0. The first-order valence-electron chi connectivity index (χ1n) is 10.0. The highest BCUT2D eigenvalue weighted by Gasteiger charge is 2.12. The molecule has 2 N–H and O–H groups in total. The lowest BCUT2D eigenvalue weighted by molar-refractivity contribution is 0.140. The van der Waals surface area contributed by atoms with E-state index < -0.39 is 6.09 Å². The monoisotopic (exact) mass is 395 g/mol. The van der Waals surface area contributed by atoms with E-state index in [0.717, 1.165) is 16.5 Å². The van der Waals surface area contributed by atoms with Crippen molar-refractivity contribution >= 4 is 38.4 Å². The fraction of sp³-hybridized carbons (Fsp3) is 0.115. The van der Waals surface area contributed by atoms with Gasteiger partial charge in [0.2, 0.25) is 0 Å². The number of phenols is 1. The standard InChI is InChI=1S/C26H21NO3/c28-22-11-4-17(5-12-22)14-15-27-26(29)30-16-21-9-8-20-7-6-18-2-1-3-19-10-13-23(21)25(20)24(18)19/h1-13,28H,14-16H2,(H,27,29). The van der Waals surface area contributed by atoms with E-state index in [0.29, 0.717) is 13.0 Å². The zero-order valence-electron chi connectivity index (χ0n) is 16.4. The van der Waals surface area contributed by atoms with Gasteiger partial charge in [0.15, 0.2) is 0 Å². The zero-order valence-corrected chi connectivity index (χ0v) is 16.4. The minimum absolute atomic E-state index is 0.221. The van der Waals surface area contributed by atoms with Crippen LogP contribution in [0.3, 0.4) is 0 Å². The molecule has 0 radical (unpaired) electrons. The Morgan fingerprint density at radius 1 is 0.800 bits per heavy atom. The number of hydrogen-bond acceptors (Lipinski definition) is 3. The Kier molecular flexibility index (Phi) is 4.60. The summed E-state index contributed by atoms with van der Waals surface area (Å²) in [6.45, 7) is 0.696. The second-order valence-electron chi connectivity index (χ2n) is 7.50. The summed E-state index contributed by atoms with van der Waals surface area (Å²) < 4.78 is 5.49. The molecule has 0 spiro atoms. The highest BCUT2D eigenvalue weighted by molar-refractivity contribution is 6.23. The van der Waals surface area contributed by atoms with Crippen molar-refractivity contribution in [1.29, 1.82) is 0 Å². The molecule has 4 nitrogen and oxygen atoms in total. The van der Waals surface area contributed by atoms with Gasteiger partial charge in [-0.2, -0.15) is 0 Å². The Morgan fingerprint density at radius 3 is 2.23 bits per heavy atom. The molecule has 0 saturated heterocycles. The number of carbonyl (C=O) groups is 1. The molecule has 30 heavy (non-hydrogen) atoms. The molecule has 0 aliphatic carbocycles. The van der Waals surface area contributed by atoms with Crippen molar-refractivity contribution in [2.75, 3.05) is 6.54 Å². The Labute approximate surface area is 174 Å². The second-order valence-corrected chi connectivity index (χ2v) is 7.50. The highest BCUT2D eigenvalue weighted by Crippen LogP contribution is 2.36. The molecule has 4 heteroatoms. The van der Waals surface area contributed by atoms with E-state index in [1.54, 1.807) is 12.1 Å². The van der Waals surface area contributed by atoms with E-state index in [2.05, 4.69) is 53.8 Å². The van der Waals surface area contributed by atoms with Crippen LogP contribution in [-0.2, 0) is 17.8 Å². The van der Waals surface area contributed by atoms with Crippen LogP contribution in [0.1, 0.15) is 11.1 Å². The SMILES string of the molecule is O=C(NCCc1ccc(O)cc1)OCc1ccc2ccc3cccc4ccc1c2c34. The smallest absolute Gasteiger partial charge is 0.407 e. The molecular weight excluding hydrogens is 374 g/mol. The van der Waals surface area contributed by atoms with Crippen molar-refractivity contribution in [2.24, 2.45) is 0 Å². The number of hydrogen-bond donors (Lipinski definition) is 2. The zero-order chi connectivity index (χ0) is 20.5. The maximum atomic E-state index is 12.2. The summed E-state index contributed by atoms with van der Waals surface area (Å²) in [5.74, 6) is 0.236.